The molecule has 1 unspecified atom stereocenters. The van der Waals surface area contributed by atoms with Crippen LogP contribution in [-0.2, 0) is 0 Å². The third-order valence-corrected chi connectivity index (χ3v) is 3.54. The van der Waals surface area contributed by atoms with E-state index in [0.29, 0.717) is 6.04 Å². The predicted octanol–water partition coefficient (Wildman–Crippen LogP) is 1.62. The van der Waals surface area contributed by atoms with E-state index in [-0.39, 0.29) is 5.91 Å². The first-order chi connectivity index (χ1) is 9.16. The van der Waals surface area contributed by atoms with Crippen molar-refractivity contribution >= 4 is 11.6 Å². The molecule has 1 atom stereocenters. The quantitative estimate of drug-likeness (QED) is 0.869. The summed E-state index contributed by atoms with van der Waals surface area (Å²) in [6.07, 6.45) is 3.20. The van der Waals surface area contributed by atoms with E-state index in [2.05, 4.69) is 10.6 Å². The summed E-state index contributed by atoms with van der Waals surface area (Å²) in [5, 5.41) is 6.50. The van der Waals surface area contributed by atoms with E-state index in [1.165, 1.54) is 0 Å². The second-order valence-electron chi connectivity index (χ2n) is 5.30. The van der Waals surface area contributed by atoms with Crippen molar-refractivity contribution in [3.05, 3.63) is 29.8 Å². The van der Waals surface area contributed by atoms with Gasteiger partial charge in [-0.15, -0.1) is 0 Å². The van der Waals surface area contributed by atoms with Gasteiger partial charge in [0.2, 0.25) is 0 Å². The predicted molar refractivity (Wildman–Crippen MR) is 78.7 cm³/mol. The van der Waals surface area contributed by atoms with Crippen LogP contribution in [0, 0.1) is 0 Å². The minimum Gasteiger partial charge on any atom is -0.378 e. The number of amides is 1. The largest absolute Gasteiger partial charge is 0.378 e. The van der Waals surface area contributed by atoms with Crippen LogP contribution in [0.5, 0.6) is 0 Å². The molecule has 0 bridgehead atoms. The van der Waals surface area contributed by atoms with Gasteiger partial charge in [-0.3, -0.25) is 4.79 Å². The Labute approximate surface area is 115 Å². The van der Waals surface area contributed by atoms with Crippen molar-refractivity contribution in [1.82, 2.24) is 10.6 Å². The van der Waals surface area contributed by atoms with E-state index < -0.39 is 0 Å². The van der Waals surface area contributed by atoms with Crippen molar-refractivity contribution in [3.8, 4) is 0 Å². The number of nitrogens with zero attached hydrogens (tertiary/aromatic N) is 1. The van der Waals surface area contributed by atoms with Crippen LogP contribution in [0.25, 0.3) is 0 Å². The SMILES string of the molecule is CN(C)c1cccc(C(=O)NC2CCCNCC2)c1. The van der Waals surface area contributed by atoms with Gasteiger partial charge in [0.25, 0.3) is 5.91 Å². The molecular formula is C15H23N3O. The number of hydrogen-bond donors (Lipinski definition) is 2. The normalized spacial score (nSPS) is 19.6. The average Bonchev–Trinajstić information content (AvgIpc) is 2.67. The number of rotatable bonds is 3. The lowest BCUT2D eigenvalue weighted by Gasteiger charge is -2.17. The number of carbonyl (C=O) groups is 1. The Balaban J connectivity index is 2.00. The number of anilines is 1. The molecule has 4 nitrogen and oxygen atoms in total. The molecule has 104 valence electrons. The van der Waals surface area contributed by atoms with Crippen LogP contribution in [0.4, 0.5) is 5.69 Å². The van der Waals surface area contributed by atoms with Gasteiger partial charge in [0.05, 0.1) is 0 Å². The number of carbonyl (C=O) groups excluding carboxylic acids is 1. The van der Waals surface area contributed by atoms with Crippen LogP contribution in [0.2, 0.25) is 0 Å². The Morgan fingerprint density at radius 1 is 1.32 bits per heavy atom. The average molecular weight is 261 g/mol. The smallest absolute Gasteiger partial charge is 0.251 e. The molecular weight excluding hydrogens is 238 g/mol. The van der Waals surface area contributed by atoms with Gasteiger partial charge >= 0.3 is 0 Å². The monoisotopic (exact) mass is 261 g/mol. The molecule has 1 heterocycles. The fourth-order valence-electron chi connectivity index (χ4n) is 2.36. The van der Waals surface area contributed by atoms with Gasteiger partial charge in [-0.1, -0.05) is 6.07 Å². The van der Waals surface area contributed by atoms with E-state index in [0.717, 1.165) is 43.6 Å². The molecule has 1 aromatic carbocycles. The molecule has 1 amide bonds. The Bertz CT molecular complexity index is 423. The van der Waals surface area contributed by atoms with Gasteiger partial charge in [-0.25, -0.2) is 0 Å². The third-order valence-electron chi connectivity index (χ3n) is 3.54. The first-order valence-corrected chi connectivity index (χ1v) is 6.96. The molecule has 2 rings (SSSR count). The van der Waals surface area contributed by atoms with E-state index >= 15 is 0 Å². The summed E-state index contributed by atoms with van der Waals surface area (Å²) < 4.78 is 0. The number of benzene rings is 1. The highest BCUT2D eigenvalue weighted by Gasteiger charge is 2.15. The van der Waals surface area contributed by atoms with Crippen LogP contribution < -0.4 is 15.5 Å². The van der Waals surface area contributed by atoms with Gasteiger partial charge in [0, 0.05) is 31.4 Å². The van der Waals surface area contributed by atoms with Crippen molar-refractivity contribution in [3.63, 3.8) is 0 Å². The summed E-state index contributed by atoms with van der Waals surface area (Å²) in [6.45, 7) is 2.05. The Morgan fingerprint density at radius 3 is 2.95 bits per heavy atom. The van der Waals surface area contributed by atoms with E-state index in [4.69, 9.17) is 0 Å². The maximum Gasteiger partial charge on any atom is 0.251 e. The zero-order chi connectivity index (χ0) is 13.7. The van der Waals surface area contributed by atoms with Gasteiger partial charge in [0.1, 0.15) is 0 Å². The second kappa shape index (κ2) is 6.57. The van der Waals surface area contributed by atoms with Gasteiger partial charge in [-0.2, -0.15) is 0 Å². The van der Waals surface area contributed by atoms with Crippen molar-refractivity contribution in [2.24, 2.45) is 0 Å². The molecule has 2 N–H and O–H groups in total. The Kier molecular flexibility index (Phi) is 4.80. The fraction of sp³-hybridized carbons (Fsp3) is 0.533. The highest BCUT2D eigenvalue weighted by Crippen LogP contribution is 2.14. The summed E-state index contributed by atoms with van der Waals surface area (Å²) in [7, 11) is 3.96. The molecule has 0 aliphatic carbocycles. The second-order valence-corrected chi connectivity index (χ2v) is 5.30. The van der Waals surface area contributed by atoms with E-state index in [1.807, 2.05) is 43.3 Å². The summed E-state index contributed by atoms with van der Waals surface area (Å²) in [4.78, 5) is 14.3. The molecule has 1 aliphatic rings. The lowest BCUT2D eigenvalue weighted by molar-refractivity contribution is 0.0934. The third kappa shape index (κ3) is 3.96. The van der Waals surface area contributed by atoms with Crippen molar-refractivity contribution in [2.75, 3.05) is 32.1 Å². The standard InChI is InChI=1S/C15H23N3O/c1-18(2)14-7-3-5-12(11-14)15(19)17-13-6-4-9-16-10-8-13/h3,5,7,11,13,16H,4,6,8-10H2,1-2H3,(H,17,19). The molecule has 0 saturated carbocycles. The zero-order valence-electron chi connectivity index (χ0n) is 11.8. The van der Waals surface area contributed by atoms with E-state index in [9.17, 15) is 4.79 Å². The van der Waals surface area contributed by atoms with Crippen LogP contribution >= 0.6 is 0 Å². The van der Waals surface area contributed by atoms with Crippen molar-refractivity contribution in [2.45, 2.75) is 25.3 Å². The Morgan fingerprint density at radius 2 is 2.16 bits per heavy atom. The van der Waals surface area contributed by atoms with Gasteiger partial charge in [0.15, 0.2) is 0 Å². The molecule has 1 saturated heterocycles. The van der Waals surface area contributed by atoms with Crippen LogP contribution in [0.3, 0.4) is 0 Å². The molecule has 19 heavy (non-hydrogen) atoms. The summed E-state index contributed by atoms with van der Waals surface area (Å²) in [6, 6.07) is 8.04. The number of hydrogen-bond acceptors (Lipinski definition) is 3. The Hall–Kier alpha value is -1.55. The topological polar surface area (TPSA) is 44.4 Å². The van der Waals surface area contributed by atoms with Crippen molar-refractivity contribution < 1.29 is 4.79 Å². The van der Waals surface area contributed by atoms with Gasteiger partial charge < -0.3 is 15.5 Å². The summed E-state index contributed by atoms with van der Waals surface area (Å²) in [5.74, 6) is 0.0376. The maximum absolute atomic E-state index is 12.2. The molecule has 4 heteroatoms. The minimum atomic E-state index is 0.0376. The molecule has 0 spiro atoms. The van der Waals surface area contributed by atoms with E-state index in [1.54, 1.807) is 0 Å². The molecule has 1 aromatic rings. The first-order valence-electron chi connectivity index (χ1n) is 6.96. The summed E-state index contributed by atoms with van der Waals surface area (Å²) >= 11 is 0. The lowest BCUT2D eigenvalue weighted by atomic mass is 10.1. The van der Waals surface area contributed by atoms with Gasteiger partial charge in [-0.05, 0) is 50.6 Å². The first kappa shape index (κ1) is 13.9. The highest BCUT2D eigenvalue weighted by molar-refractivity contribution is 5.95. The molecule has 0 aromatic heterocycles. The van der Waals surface area contributed by atoms with Crippen LogP contribution in [-0.4, -0.2) is 39.1 Å². The maximum atomic E-state index is 12.2. The molecule has 1 aliphatic heterocycles. The highest BCUT2D eigenvalue weighted by atomic mass is 16.1. The summed E-state index contributed by atoms with van der Waals surface area (Å²) in [5.41, 5.74) is 1.79. The molecule has 0 radical (unpaired) electrons. The molecule has 1 fully saturated rings. The minimum absolute atomic E-state index is 0.0376. The lowest BCUT2D eigenvalue weighted by Crippen LogP contribution is -2.35. The number of nitrogens with one attached hydrogen (secondary N) is 2. The van der Waals surface area contributed by atoms with Crippen LogP contribution in [0.1, 0.15) is 29.6 Å². The zero-order valence-corrected chi connectivity index (χ0v) is 11.8. The fourth-order valence-corrected chi connectivity index (χ4v) is 2.36. The van der Waals surface area contributed by atoms with Crippen LogP contribution in [0.15, 0.2) is 24.3 Å². The van der Waals surface area contributed by atoms with Crippen molar-refractivity contribution in [1.29, 1.82) is 0 Å².